The number of halogens is 1. The van der Waals surface area contributed by atoms with Crippen molar-refractivity contribution in [3.8, 4) is 11.4 Å². The van der Waals surface area contributed by atoms with E-state index in [1.54, 1.807) is 37.6 Å². The van der Waals surface area contributed by atoms with E-state index in [-0.39, 0.29) is 5.56 Å². The molecular weight excluding hydrogens is 326 g/mol. The molecular formula is C18H16ClN3O2. The summed E-state index contributed by atoms with van der Waals surface area (Å²) in [6.07, 6.45) is 1.57. The van der Waals surface area contributed by atoms with Crippen LogP contribution in [0.25, 0.3) is 5.69 Å². The van der Waals surface area contributed by atoms with Crippen molar-refractivity contribution in [3.05, 3.63) is 75.2 Å². The Bertz CT molecular complexity index is 922. The number of aromatic amines is 1. The van der Waals surface area contributed by atoms with E-state index < -0.39 is 0 Å². The quantitative estimate of drug-likeness (QED) is 0.732. The second kappa shape index (κ2) is 6.76. The highest BCUT2D eigenvalue weighted by molar-refractivity contribution is 6.30. The van der Waals surface area contributed by atoms with Gasteiger partial charge in [-0.15, -0.1) is 0 Å². The van der Waals surface area contributed by atoms with Crippen LogP contribution in [0, 0.1) is 6.92 Å². The minimum Gasteiger partial charge on any atom is -0.497 e. The van der Waals surface area contributed by atoms with Crippen LogP contribution >= 0.6 is 11.6 Å². The Morgan fingerprint density at radius 1 is 1.12 bits per heavy atom. The number of nitrogens with zero attached hydrogens (tertiary/aromatic N) is 2. The standard InChI is InChI=1S/C18H16ClN3O2/c1-12-17(11-20-14-5-9-16(24-2)10-6-14)18(23)22(21-12)15-7-3-13(19)4-8-15/h3-11,21H,1-2H3. The van der Waals surface area contributed by atoms with Crippen molar-refractivity contribution >= 4 is 23.5 Å². The van der Waals surface area contributed by atoms with Crippen LogP contribution < -0.4 is 10.3 Å². The van der Waals surface area contributed by atoms with Crippen LogP contribution in [0.15, 0.2) is 58.3 Å². The largest absolute Gasteiger partial charge is 0.497 e. The molecule has 1 N–H and O–H groups in total. The van der Waals surface area contributed by atoms with Gasteiger partial charge in [-0.05, 0) is 55.5 Å². The molecule has 3 rings (SSSR count). The van der Waals surface area contributed by atoms with E-state index in [1.807, 2.05) is 31.2 Å². The lowest BCUT2D eigenvalue weighted by Gasteiger charge is -2.00. The lowest BCUT2D eigenvalue weighted by molar-refractivity contribution is 0.415. The first-order valence-corrected chi connectivity index (χ1v) is 7.72. The van der Waals surface area contributed by atoms with Crippen LogP contribution in [0.5, 0.6) is 5.75 Å². The number of aliphatic imine (C=N–C) groups is 1. The number of aryl methyl sites for hydroxylation is 1. The maximum Gasteiger partial charge on any atom is 0.280 e. The molecule has 3 aromatic rings. The Kier molecular flexibility index (Phi) is 4.53. The van der Waals surface area contributed by atoms with Crippen LogP contribution in [0.2, 0.25) is 5.02 Å². The minimum atomic E-state index is -0.160. The van der Waals surface area contributed by atoms with E-state index >= 15 is 0 Å². The Morgan fingerprint density at radius 2 is 1.79 bits per heavy atom. The number of aromatic nitrogens is 2. The molecule has 1 heterocycles. The molecule has 0 bridgehead atoms. The van der Waals surface area contributed by atoms with Crippen molar-refractivity contribution in [3.63, 3.8) is 0 Å². The van der Waals surface area contributed by atoms with Gasteiger partial charge < -0.3 is 4.74 Å². The van der Waals surface area contributed by atoms with E-state index in [2.05, 4.69) is 10.1 Å². The van der Waals surface area contributed by atoms with Gasteiger partial charge in [0.15, 0.2) is 0 Å². The summed E-state index contributed by atoms with van der Waals surface area (Å²) in [5.41, 5.74) is 2.56. The molecule has 0 radical (unpaired) electrons. The maximum absolute atomic E-state index is 12.6. The summed E-state index contributed by atoms with van der Waals surface area (Å²) < 4.78 is 6.58. The van der Waals surface area contributed by atoms with E-state index in [4.69, 9.17) is 16.3 Å². The van der Waals surface area contributed by atoms with Gasteiger partial charge in [0.2, 0.25) is 0 Å². The van der Waals surface area contributed by atoms with Gasteiger partial charge in [0.1, 0.15) is 5.75 Å². The summed E-state index contributed by atoms with van der Waals surface area (Å²) in [6.45, 7) is 1.84. The average molecular weight is 342 g/mol. The monoisotopic (exact) mass is 341 g/mol. The van der Waals surface area contributed by atoms with Gasteiger partial charge in [-0.2, -0.15) is 0 Å². The van der Waals surface area contributed by atoms with E-state index in [1.165, 1.54) is 4.68 Å². The molecule has 0 saturated carbocycles. The molecule has 0 aliphatic heterocycles. The van der Waals surface area contributed by atoms with Gasteiger partial charge in [-0.3, -0.25) is 14.9 Å². The zero-order valence-electron chi connectivity index (χ0n) is 13.3. The third kappa shape index (κ3) is 3.26. The Morgan fingerprint density at radius 3 is 2.42 bits per heavy atom. The third-order valence-electron chi connectivity index (χ3n) is 3.62. The van der Waals surface area contributed by atoms with Crippen molar-refractivity contribution < 1.29 is 4.74 Å². The average Bonchev–Trinajstić information content (AvgIpc) is 2.88. The Hall–Kier alpha value is -2.79. The fourth-order valence-electron chi connectivity index (χ4n) is 2.29. The minimum absolute atomic E-state index is 0.160. The molecule has 0 saturated heterocycles. The van der Waals surface area contributed by atoms with Gasteiger partial charge in [0.25, 0.3) is 5.56 Å². The molecule has 0 fully saturated rings. The number of nitrogens with one attached hydrogen (secondary N) is 1. The number of benzene rings is 2. The highest BCUT2D eigenvalue weighted by atomic mass is 35.5. The van der Waals surface area contributed by atoms with E-state index in [9.17, 15) is 4.79 Å². The number of rotatable bonds is 4. The van der Waals surface area contributed by atoms with Gasteiger partial charge in [0, 0.05) is 16.9 Å². The van der Waals surface area contributed by atoms with Gasteiger partial charge in [0.05, 0.1) is 24.0 Å². The second-order valence-corrected chi connectivity index (χ2v) is 5.66. The number of ether oxygens (including phenoxy) is 1. The molecule has 122 valence electrons. The van der Waals surface area contributed by atoms with Crippen molar-refractivity contribution in [2.45, 2.75) is 6.92 Å². The molecule has 24 heavy (non-hydrogen) atoms. The SMILES string of the molecule is COc1ccc(N=Cc2c(C)[nH]n(-c3ccc(Cl)cc3)c2=O)cc1. The zero-order chi connectivity index (χ0) is 17.1. The van der Waals surface area contributed by atoms with Crippen LogP contribution in [-0.4, -0.2) is 23.1 Å². The first-order valence-electron chi connectivity index (χ1n) is 7.34. The third-order valence-corrected chi connectivity index (χ3v) is 3.87. The summed E-state index contributed by atoms with van der Waals surface area (Å²) in [4.78, 5) is 16.9. The van der Waals surface area contributed by atoms with Crippen molar-refractivity contribution in [2.75, 3.05) is 7.11 Å². The summed E-state index contributed by atoms with van der Waals surface area (Å²) in [5.74, 6) is 0.761. The molecule has 0 amide bonds. The molecule has 0 aliphatic carbocycles. The number of H-pyrrole nitrogens is 1. The summed E-state index contributed by atoms with van der Waals surface area (Å²) in [7, 11) is 1.61. The maximum atomic E-state index is 12.6. The predicted molar refractivity (Wildman–Crippen MR) is 96.4 cm³/mol. The van der Waals surface area contributed by atoms with Crippen LogP contribution in [0.1, 0.15) is 11.3 Å². The Balaban J connectivity index is 1.92. The summed E-state index contributed by atoms with van der Waals surface area (Å²) >= 11 is 5.89. The number of methoxy groups -OCH3 is 1. The summed E-state index contributed by atoms with van der Waals surface area (Å²) in [6, 6.07) is 14.3. The fourth-order valence-corrected chi connectivity index (χ4v) is 2.42. The molecule has 2 aromatic carbocycles. The van der Waals surface area contributed by atoms with Crippen molar-refractivity contribution in [1.82, 2.24) is 9.78 Å². The first kappa shape index (κ1) is 16.1. The second-order valence-electron chi connectivity index (χ2n) is 5.22. The van der Waals surface area contributed by atoms with Crippen LogP contribution in [0.4, 0.5) is 5.69 Å². The molecule has 0 atom stereocenters. The van der Waals surface area contributed by atoms with Crippen LogP contribution in [-0.2, 0) is 0 Å². The normalized spacial score (nSPS) is 11.1. The van der Waals surface area contributed by atoms with Crippen molar-refractivity contribution in [2.24, 2.45) is 4.99 Å². The lowest BCUT2D eigenvalue weighted by Crippen LogP contribution is -2.17. The predicted octanol–water partition coefficient (Wildman–Crippen LogP) is 3.89. The zero-order valence-corrected chi connectivity index (χ0v) is 14.0. The van der Waals surface area contributed by atoms with Gasteiger partial charge in [-0.1, -0.05) is 11.6 Å². The summed E-state index contributed by atoms with van der Waals surface area (Å²) in [5, 5.41) is 3.67. The fraction of sp³-hybridized carbons (Fsp3) is 0.111. The van der Waals surface area contributed by atoms with E-state index in [0.717, 1.165) is 22.8 Å². The molecule has 1 aromatic heterocycles. The Labute approximate surface area is 144 Å². The molecule has 5 nitrogen and oxygen atoms in total. The van der Waals surface area contributed by atoms with Crippen LogP contribution in [0.3, 0.4) is 0 Å². The van der Waals surface area contributed by atoms with Crippen molar-refractivity contribution in [1.29, 1.82) is 0 Å². The van der Waals surface area contributed by atoms with E-state index in [0.29, 0.717) is 10.6 Å². The number of hydrogen-bond acceptors (Lipinski definition) is 3. The molecule has 0 aliphatic rings. The molecule has 0 unspecified atom stereocenters. The van der Waals surface area contributed by atoms with Gasteiger partial charge >= 0.3 is 0 Å². The number of hydrogen-bond donors (Lipinski definition) is 1. The highest BCUT2D eigenvalue weighted by Gasteiger charge is 2.10. The highest BCUT2D eigenvalue weighted by Crippen LogP contribution is 2.18. The van der Waals surface area contributed by atoms with Gasteiger partial charge in [-0.25, -0.2) is 4.68 Å². The lowest BCUT2D eigenvalue weighted by atomic mass is 10.2. The molecule has 6 heteroatoms. The first-order chi connectivity index (χ1) is 11.6. The topological polar surface area (TPSA) is 59.4 Å². The molecule has 0 spiro atoms. The smallest absolute Gasteiger partial charge is 0.280 e.